The smallest absolute Gasteiger partial charge is 0.343 e. The Labute approximate surface area is 144 Å². The van der Waals surface area contributed by atoms with Crippen molar-refractivity contribution >= 4 is 15.9 Å². The van der Waals surface area contributed by atoms with Crippen molar-refractivity contribution in [3.8, 4) is 0 Å². The van der Waals surface area contributed by atoms with Crippen LogP contribution in [0.15, 0.2) is 29.2 Å². The van der Waals surface area contributed by atoms with Gasteiger partial charge in [-0.2, -0.15) is 13.2 Å². The first kappa shape index (κ1) is 19.7. The van der Waals surface area contributed by atoms with Crippen LogP contribution >= 0.6 is 0 Å². The molecule has 2 rings (SSSR count). The Morgan fingerprint density at radius 2 is 1.92 bits per heavy atom. The van der Waals surface area contributed by atoms with Gasteiger partial charge in [0.25, 0.3) is 5.91 Å². The highest BCUT2D eigenvalue weighted by atomic mass is 32.2. The van der Waals surface area contributed by atoms with Gasteiger partial charge in [-0.15, -0.1) is 0 Å². The fraction of sp³-hybridized carbons (Fsp3) is 0.533. The van der Waals surface area contributed by atoms with Crippen LogP contribution in [0.4, 0.5) is 13.2 Å². The number of piperidine rings is 1. The lowest BCUT2D eigenvalue weighted by atomic mass is 10.0. The van der Waals surface area contributed by atoms with Gasteiger partial charge in [0.05, 0.1) is 4.90 Å². The number of benzene rings is 1. The minimum Gasteiger partial charge on any atom is -0.343 e. The molecular formula is C15H20F3N3O3S. The average molecular weight is 379 g/mol. The predicted molar refractivity (Wildman–Crippen MR) is 85.6 cm³/mol. The molecule has 0 aromatic heterocycles. The van der Waals surface area contributed by atoms with Crippen molar-refractivity contribution in [3.05, 3.63) is 29.8 Å². The lowest BCUT2D eigenvalue weighted by Gasteiger charge is -2.30. The van der Waals surface area contributed by atoms with Crippen LogP contribution in [0, 0.1) is 0 Å². The summed E-state index contributed by atoms with van der Waals surface area (Å²) in [5.41, 5.74) is -0.0455. The number of hydrogen-bond donors (Lipinski definition) is 3. The summed E-state index contributed by atoms with van der Waals surface area (Å²) >= 11 is 0. The molecule has 1 aromatic carbocycles. The molecule has 1 saturated heterocycles. The Bertz CT molecular complexity index is 705. The lowest BCUT2D eigenvalue weighted by molar-refractivity contribution is -0.123. The third-order valence-corrected chi connectivity index (χ3v) is 5.45. The summed E-state index contributed by atoms with van der Waals surface area (Å²) in [7, 11) is -3.77. The second-order valence-electron chi connectivity index (χ2n) is 5.94. The van der Waals surface area contributed by atoms with E-state index in [-0.39, 0.29) is 22.5 Å². The first-order valence-corrected chi connectivity index (χ1v) is 9.27. The molecule has 0 aliphatic carbocycles. The van der Waals surface area contributed by atoms with E-state index in [1.165, 1.54) is 24.3 Å². The number of rotatable bonds is 5. The van der Waals surface area contributed by atoms with E-state index >= 15 is 0 Å². The van der Waals surface area contributed by atoms with E-state index in [1.807, 2.05) is 6.92 Å². The summed E-state index contributed by atoms with van der Waals surface area (Å²) in [4.78, 5) is 11.6. The molecule has 0 saturated carbocycles. The van der Waals surface area contributed by atoms with E-state index in [1.54, 1.807) is 5.32 Å². The summed E-state index contributed by atoms with van der Waals surface area (Å²) in [5, 5.41) is 4.92. The van der Waals surface area contributed by atoms with Crippen LogP contribution in [0.1, 0.15) is 30.1 Å². The topological polar surface area (TPSA) is 87.3 Å². The van der Waals surface area contributed by atoms with Crippen molar-refractivity contribution in [2.45, 2.75) is 42.9 Å². The Kier molecular flexibility index (Phi) is 6.07. The van der Waals surface area contributed by atoms with E-state index in [4.69, 9.17) is 0 Å². The minimum absolute atomic E-state index is 0.00376. The fourth-order valence-corrected chi connectivity index (χ4v) is 3.89. The Morgan fingerprint density at radius 1 is 1.28 bits per heavy atom. The highest BCUT2D eigenvalue weighted by Crippen LogP contribution is 2.16. The van der Waals surface area contributed by atoms with Gasteiger partial charge in [0.15, 0.2) is 0 Å². The largest absolute Gasteiger partial charge is 0.405 e. The summed E-state index contributed by atoms with van der Waals surface area (Å²) < 4.78 is 63.7. The van der Waals surface area contributed by atoms with Crippen LogP contribution in [-0.4, -0.2) is 45.7 Å². The summed E-state index contributed by atoms with van der Waals surface area (Å²) in [6, 6.07) is 4.52. The molecule has 1 aromatic rings. The summed E-state index contributed by atoms with van der Waals surface area (Å²) in [5.74, 6) is -0.917. The molecule has 2 atom stereocenters. The van der Waals surface area contributed by atoms with Crippen LogP contribution < -0.4 is 15.4 Å². The van der Waals surface area contributed by atoms with E-state index < -0.39 is 28.7 Å². The lowest BCUT2D eigenvalue weighted by Crippen LogP contribution is -2.51. The molecule has 0 spiro atoms. The molecule has 10 heteroatoms. The van der Waals surface area contributed by atoms with Crippen LogP contribution in [-0.2, 0) is 10.0 Å². The van der Waals surface area contributed by atoms with Crippen molar-refractivity contribution in [2.75, 3.05) is 13.1 Å². The zero-order chi connectivity index (χ0) is 18.7. The molecule has 140 valence electrons. The Balaban J connectivity index is 2.04. The van der Waals surface area contributed by atoms with Crippen molar-refractivity contribution in [1.29, 1.82) is 0 Å². The van der Waals surface area contributed by atoms with Gasteiger partial charge in [-0.25, -0.2) is 13.1 Å². The van der Waals surface area contributed by atoms with Gasteiger partial charge in [0.1, 0.15) is 6.54 Å². The van der Waals surface area contributed by atoms with Crippen LogP contribution in [0.25, 0.3) is 0 Å². The summed E-state index contributed by atoms with van der Waals surface area (Å²) in [6.07, 6.45) is -2.94. The molecule has 1 aliphatic heterocycles. The van der Waals surface area contributed by atoms with E-state index in [0.717, 1.165) is 13.0 Å². The molecule has 1 aliphatic rings. The van der Waals surface area contributed by atoms with Crippen molar-refractivity contribution in [3.63, 3.8) is 0 Å². The zero-order valence-corrected chi connectivity index (χ0v) is 14.4. The Hall–Kier alpha value is -1.65. The van der Waals surface area contributed by atoms with E-state index in [2.05, 4.69) is 10.0 Å². The molecule has 6 nitrogen and oxygen atoms in total. The van der Waals surface area contributed by atoms with E-state index in [0.29, 0.717) is 6.42 Å². The first-order chi connectivity index (χ1) is 11.6. The van der Waals surface area contributed by atoms with Gasteiger partial charge in [-0.1, -0.05) is 0 Å². The molecule has 2 unspecified atom stereocenters. The van der Waals surface area contributed by atoms with Crippen LogP contribution in [0.2, 0.25) is 0 Å². The molecule has 25 heavy (non-hydrogen) atoms. The molecule has 1 amide bonds. The second kappa shape index (κ2) is 7.71. The highest BCUT2D eigenvalue weighted by molar-refractivity contribution is 7.89. The highest BCUT2D eigenvalue weighted by Gasteiger charge is 2.28. The monoisotopic (exact) mass is 379 g/mol. The van der Waals surface area contributed by atoms with Crippen LogP contribution in [0.3, 0.4) is 0 Å². The number of halogens is 3. The standard InChI is InChI=1S/C15H20F3N3O3S/c1-10-13(3-2-8-19-10)21-25(23,24)12-6-4-11(5-7-12)14(22)20-9-15(16,17)18/h4-7,10,13,19,21H,2-3,8-9H2,1H3,(H,20,22). The van der Waals surface area contributed by atoms with Crippen molar-refractivity contribution in [1.82, 2.24) is 15.4 Å². The van der Waals surface area contributed by atoms with Gasteiger partial charge in [0, 0.05) is 17.6 Å². The first-order valence-electron chi connectivity index (χ1n) is 7.79. The van der Waals surface area contributed by atoms with Crippen LogP contribution in [0.5, 0.6) is 0 Å². The molecule has 0 bridgehead atoms. The SMILES string of the molecule is CC1NCCCC1NS(=O)(=O)c1ccc(C(=O)NCC(F)(F)F)cc1. The van der Waals surface area contributed by atoms with Gasteiger partial charge >= 0.3 is 6.18 Å². The van der Waals surface area contributed by atoms with E-state index in [9.17, 15) is 26.4 Å². The molecule has 1 fully saturated rings. The number of amides is 1. The van der Waals surface area contributed by atoms with Gasteiger partial charge in [-0.3, -0.25) is 4.79 Å². The fourth-order valence-electron chi connectivity index (χ4n) is 2.54. The maximum Gasteiger partial charge on any atom is 0.405 e. The quantitative estimate of drug-likeness (QED) is 0.722. The number of alkyl halides is 3. The minimum atomic E-state index is -4.51. The maximum atomic E-state index is 12.4. The number of carbonyl (C=O) groups is 1. The average Bonchev–Trinajstić information content (AvgIpc) is 2.54. The number of nitrogens with one attached hydrogen (secondary N) is 3. The Morgan fingerprint density at radius 3 is 2.48 bits per heavy atom. The third kappa shape index (κ3) is 5.68. The number of carbonyl (C=O) groups excluding carboxylic acids is 1. The number of sulfonamides is 1. The van der Waals surface area contributed by atoms with Gasteiger partial charge in [-0.05, 0) is 50.6 Å². The molecule has 3 N–H and O–H groups in total. The predicted octanol–water partition coefficient (Wildman–Crippen LogP) is 1.40. The second-order valence-corrected chi connectivity index (χ2v) is 7.65. The zero-order valence-electron chi connectivity index (χ0n) is 13.6. The summed E-state index contributed by atoms with van der Waals surface area (Å²) in [6.45, 7) is 1.28. The normalized spacial score (nSPS) is 21.8. The molecule has 0 radical (unpaired) electrons. The van der Waals surface area contributed by atoms with Crippen molar-refractivity contribution in [2.24, 2.45) is 0 Å². The molecule has 1 heterocycles. The third-order valence-electron chi connectivity index (χ3n) is 3.94. The van der Waals surface area contributed by atoms with Gasteiger partial charge in [0.2, 0.25) is 10.0 Å². The maximum absolute atomic E-state index is 12.4. The van der Waals surface area contributed by atoms with Gasteiger partial charge < -0.3 is 10.6 Å². The van der Waals surface area contributed by atoms with Crippen molar-refractivity contribution < 1.29 is 26.4 Å². The number of hydrogen-bond acceptors (Lipinski definition) is 4. The molecular weight excluding hydrogens is 359 g/mol.